The number of nitrogens with zero attached hydrogens (tertiary/aromatic N) is 2. The Labute approximate surface area is 186 Å². The maximum atomic E-state index is 4.67. The van der Waals surface area contributed by atoms with Gasteiger partial charge < -0.3 is 10.2 Å². The molecule has 31 heavy (non-hydrogen) atoms. The fraction of sp³-hybridized carbons (Fsp3) is 0.321. The van der Waals surface area contributed by atoms with Gasteiger partial charge in [-0.25, -0.2) is 0 Å². The molecule has 3 heteroatoms. The van der Waals surface area contributed by atoms with Crippen molar-refractivity contribution in [3.05, 3.63) is 106 Å². The number of aromatic nitrogens is 1. The third-order valence-electron chi connectivity index (χ3n) is 6.55. The number of aryl methyl sites for hydroxylation is 3. The van der Waals surface area contributed by atoms with Gasteiger partial charge in [0.15, 0.2) is 0 Å². The number of hydrogen-bond acceptors (Lipinski definition) is 3. The Morgan fingerprint density at radius 1 is 1.03 bits per heavy atom. The van der Waals surface area contributed by atoms with Crippen LogP contribution in [0, 0.1) is 13.8 Å². The molecule has 0 amide bonds. The van der Waals surface area contributed by atoms with Crippen LogP contribution in [0.5, 0.6) is 0 Å². The van der Waals surface area contributed by atoms with Crippen molar-refractivity contribution in [2.24, 2.45) is 0 Å². The van der Waals surface area contributed by atoms with E-state index in [-0.39, 0.29) is 0 Å². The zero-order valence-electron chi connectivity index (χ0n) is 19.3. The summed E-state index contributed by atoms with van der Waals surface area (Å²) in [5.74, 6) is 0. The fourth-order valence-corrected chi connectivity index (χ4v) is 4.83. The maximum absolute atomic E-state index is 4.67. The molecule has 2 aromatic rings. The van der Waals surface area contributed by atoms with Gasteiger partial charge in [0.25, 0.3) is 0 Å². The molecular weight excluding hydrogens is 378 g/mol. The summed E-state index contributed by atoms with van der Waals surface area (Å²) in [5.41, 5.74) is 13.6. The first-order valence-electron chi connectivity index (χ1n) is 11.2. The number of allylic oxidation sites excluding steroid dienone is 3. The zero-order valence-corrected chi connectivity index (χ0v) is 19.3. The van der Waals surface area contributed by atoms with Gasteiger partial charge in [-0.15, -0.1) is 0 Å². The first-order chi connectivity index (χ1) is 14.8. The SMILES string of the molecule is C=C1NC(C)=CC(C)=C1CN1CCc2ccc(CCc3cccc(C)n3)c(C)c2C1=C. The summed E-state index contributed by atoms with van der Waals surface area (Å²) in [4.78, 5) is 7.09. The van der Waals surface area contributed by atoms with Crippen LogP contribution in [0.2, 0.25) is 0 Å². The predicted molar refractivity (Wildman–Crippen MR) is 131 cm³/mol. The molecular formula is C28H33N3. The van der Waals surface area contributed by atoms with Crippen molar-refractivity contribution in [1.82, 2.24) is 15.2 Å². The summed E-state index contributed by atoms with van der Waals surface area (Å²) in [7, 11) is 0. The van der Waals surface area contributed by atoms with Crippen LogP contribution in [0.1, 0.15) is 47.5 Å². The van der Waals surface area contributed by atoms with Crippen molar-refractivity contribution in [3.8, 4) is 0 Å². The standard InChI is InChI=1S/C28H33N3/c1-18-16-20(3)29-22(5)27(18)17-31-15-14-25-11-10-24(21(4)28(25)23(31)6)12-13-26-9-7-8-19(2)30-26/h7-11,16,29H,5-6,12-15,17H2,1-4H3. The number of benzene rings is 1. The molecule has 0 atom stereocenters. The lowest BCUT2D eigenvalue weighted by Gasteiger charge is -2.36. The van der Waals surface area contributed by atoms with Gasteiger partial charge in [-0.2, -0.15) is 0 Å². The van der Waals surface area contributed by atoms with Gasteiger partial charge in [0.2, 0.25) is 0 Å². The fourth-order valence-electron chi connectivity index (χ4n) is 4.83. The highest BCUT2D eigenvalue weighted by atomic mass is 15.1. The van der Waals surface area contributed by atoms with Gasteiger partial charge in [-0.3, -0.25) is 4.98 Å². The Hall–Kier alpha value is -3.07. The first-order valence-corrected chi connectivity index (χ1v) is 11.2. The van der Waals surface area contributed by atoms with E-state index < -0.39 is 0 Å². The van der Waals surface area contributed by atoms with E-state index in [2.05, 4.69) is 92.5 Å². The van der Waals surface area contributed by atoms with Crippen molar-refractivity contribution in [1.29, 1.82) is 0 Å². The second-order valence-corrected chi connectivity index (χ2v) is 8.86. The zero-order chi connectivity index (χ0) is 22.1. The summed E-state index contributed by atoms with van der Waals surface area (Å²) in [6.45, 7) is 19.2. The van der Waals surface area contributed by atoms with E-state index in [1.54, 1.807) is 0 Å². The summed E-state index contributed by atoms with van der Waals surface area (Å²) in [5, 5.41) is 3.39. The molecule has 2 aliphatic rings. The molecule has 4 rings (SSSR count). The summed E-state index contributed by atoms with van der Waals surface area (Å²) < 4.78 is 0. The van der Waals surface area contributed by atoms with E-state index in [4.69, 9.17) is 0 Å². The smallest absolute Gasteiger partial charge is 0.0452 e. The van der Waals surface area contributed by atoms with Gasteiger partial charge in [0.1, 0.15) is 0 Å². The monoisotopic (exact) mass is 411 g/mol. The molecule has 2 aliphatic heterocycles. The Morgan fingerprint density at radius 3 is 2.58 bits per heavy atom. The third-order valence-corrected chi connectivity index (χ3v) is 6.55. The minimum Gasteiger partial charge on any atom is -0.367 e. The number of rotatable bonds is 5. The summed E-state index contributed by atoms with van der Waals surface area (Å²) in [6.07, 6.45) is 5.21. The van der Waals surface area contributed by atoms with Crippen molar-refractivity contribution < 1.29 is 0 Å². The molecule has 160 valence electrons. The minimum absolute atomic E-state index is 0.844. The van der Waals surface area contributed by atoms with Crippen LogP contribution in [0.3, 0.4) is 0 Å². The largest absolute Gasteiger partial charge is 0.367 e. The Balaban J connectivity index is 1.56. The lowest BCUT2D eigenvalue weighted by Crippen LogP contribution is -2.33. The second-order valence-electron chi connectivity index (χ2n) is 8.86. The molecule has 0 spiro atoms. The molecule has 0 bridgehead atoms. The van der Waals surface area contributed by atoms with Crippen LogP contribution in [-0.2, 0) is 19.3 Å². The van der Waals surface area contributed by atoms with Gasteiger partial charge in [-0.1, -0.05) is 31.4 Å². The van der Waals surface area contributed by atoms with E-state index in [1.165, 1.54) is 33.4 Å². The molecule has 0 saturated heterocycles. The highest BCUT2D eigenvalue weighted by molar-refractivity contribution is 5.71. The normalized spacial score (nSPS) is 16.3. The first kappa shape index (κ1) is 21.2. The minimum atomic E-state index is 0.844. The van der Waals surface area contributed by atoms with E-state index in [1.807, 2.05) is 0 Å². The van der Waals surface area contributed by atoms with Crippen molar-refractivity contribution in [2.45, 2.75) is 47.0 Å². The number of nitrogens with one attached hydrogen (secondary N) is 1. The van der Waals surface area contributed by atoms with Crippen LogP contribution in [0.25, 0.3) is 5.70 Å². The van der Waals surface area contributed by atoms with Crippen LogP contribution in [0.15, 0.2) is 72.1 Å². The molecule has 0 radical (unpaired) electrons. The van der Waals surface area contributed by atoms with E-state index >= 15 is 0 Å². The Kier molecular flexibility index (Phi) is 5.86. The average molecular weight is 412 g/mol. The highest BCUT2D eigenvalue weighted by Gasteiger charge is 2.24. The van der Waals surface area contributed by atoms with Gasteiger partial charge >= 0.3 is 0 Å². The van der Waals surface area contributed by atoms with Crippen molar-refractivity contribution >= 4 is 5.70 Å². The van der Waals surface area contributed by atoms with Gasteiger partial charge in [0, 0.05) is 47.1 Å². The molecule has 0 saturated carbocycles. The molecule has 0 fully saturated rings. The number of dihydropyridines is 1. The maximum Gasteiger partial charge on any atom is 0.0452 e. The van der Waals surface area contributed by atoms with E-state index in [9.17, 15) is 0 Å². The molecule has 1 N–H and O–H groups in total. The summed E-state index contributed by atoms with van der Waals surface area (Å²) >= 11 is 0. The quantitative estimate of drug-likeness (QED) is 0.689. The molecule has 3 nitrogen and oxygen atoms in total. The van der Waals surface area contributed by atoms with Crippen LogP contribution in [-0.4, -0.2) is 23.0 Å². The molecule has 0 aliphatic carbocycles. The van der Waals surface area contributed by atoms with Crippen LogP contribution in [0.4, 0.5) is 0 Å². The lowest BCUT2D eigenvalue weighted by molar-refractivity contribution is 0.419. The number of pyridine rings is 1. The molecule has 1 aromatic carbocycles. The second kappa shape index (κ2) is 8.58. The lowest BCUT2D eigenvalue weighted by atomic mass is 9.88. The summed E-state index contributed by atoms with van der Waals surface area (Å²) in [6, 6.07) is 10.9. The van der Waals surface area contributed by atoms with E-state index in [0.29, 0.717) is 0 Å². The van der Waals surface area contributed by atoms with E-state index in [0.717, 1.165) is 60.8 Å². The number of fused-ring (bicyclic) bond motifs is 1. The van der Waals surface area contributed by atoms with Crippen molar-refractivity contribution in [2.75, 3.05) is 13.1 Å². The topological polar surface area (TPSA) is 28.2 Å². The molecule has 3 heterocycles. The average Bonchev–Trinajstić information content (AvgIpc) is 2.71. The Bertz CT molecular complexity index is 1120. The third kappa shape index (κ3) is 4.36. The van der Waals surface area contributed by atoms with Crippen LogP contribution < -0.4 is 5.32 Å². The number of hydrogen-bond donors (Lipinski definition) is 1. The van der Waals surface area contributed by atoms with Crippen LogP contribution >= 0.6 is 0 Å². The van der Waals surface area contributed by atoms with Gasteiger partial charge in [-0.05, 0) is 93.0 Å². The highest BCUT2D eigenvalue weighted by Crippen LogP contribution is 2.34. The molecule has 0 unspecified atom stereocenters. The predicted octanol–water partition coefficient (Wildman–Crippen LogP) is 5.65. The Morgan fingerprint density at radius 2 is 1.84 bits per heavy atom. The molecule has 1 aromatic heterocycles. The van der Waals surface area contributed by atoms with Crippen molar-refractivity contribution in [3.63, 3.8) is 0 Å². The van der Waals surface area contributed by atoms with Gasteiger partial charge in [0.05, 0.1) is 0 Å².